The number of carbonyl (C=O) groups is 2. The lowest BCUT2D eigenvalue weighted by atomic mass is 10.2. The summed E-state index contributed by atoms with van der Waals surface area (Å²) in [7, 11) is 0. The van der Waals surface area contributed by atoms with Gasteiger partial charge in [0, 0.05) is 6.20 Å². The molecular weight excluding hydrogens is 214 g/mol. The van der Waals surface area contributed by atoms with E-state index < -0.39 is 17.6 Å². The molecule has 14 heavy (non-hydrogen) atoms. The molecule has 0 aliphatic heterocycles. The number of rotatable bonds is 2. The number of pyridine rings is 1. The molecule has 0 amide bonds. The van der Waals surface area contributed by atoms with E-state index in [1.807, 2.05) is 0 Å². The van der Waals surface area contributed by atoms with Crippen molar-refractivity contribution < 1.29 is 25.3 Å². The van der Waals surface area contributed by atoms with E-state index in [-0.39, 0.29) is 23.4 Å². The largest absolute Gasteiger partial charge is 0.478 e. The first-order valence-electron chi connectivity index (χ1n) is 3.04. The highest BCUT2D eigenvalue weighted by atomic mass is 35.5. The van der Waals surface area contributed by atoms with E-state index >= 15 is 0 Å². The zero-order chi connectivity index (χ0) is 9.14. The third-order valence-electron chi connectivity index (χ3n) is 1.24. The molecule has 6 nitrogen and oxygen atoms in total. The fourth-order valence-electron chi connectivity index (χ4n) is 0.748. The summed E-state index contributed by atoms with van der Waals surface area (Å²) in [5, 5.41) is 17.0. The van der Waals surface area contributed by atoms with Gasteiger partial charge in [-0.2, -0.15) is 0 Å². The van der Waals surface area contributed by atoms with Gasteiger partial charge < -0.3 is 15.7 Å². The minimum atomic E-state index is -1.34. The van der Waals surface area contributed by atoms with Crippen molar-refractivity contribution in [2.45, 2.75) is 0 Å². The van der Waals surface area contributed by atoms with Gasteiger partial charge in [0.15, 0.2) is 5.69 Å². The Bertz CT molecular complexity index is 308. The molecular formula is C7H8ClNO5. The molecule has 4 N–H and O–H groups in total. The molecule has 1 aromatic rings. The van der Waals surface area contributed by atoms with E-state index in [0.29, 0.717) is 0 Å². The van der Waals surface area contributed by atoms with Crippen LogP contribution in [-0.4, -0.2) is 32.6 Å². The predicted octanol–water partition coefficient (Wildman–Crippen LogP) is 0.0751. The smallest absolute Gasteiger partial charge is 0.355 e. The van der Waals surface area contributed by atoms with Gasteiger partial charge in [-0.15, -0.1) is 12.4 Å². The van der Waals surface area contributed by atoms with E-state index in [4.69, 9.17) is 10.2 Å². The molecule has 0 saturated carbocycles. The lowest BCUT2D eigenvalue weighted by Gasteiger charge is -1.97. The number of aromatic carboxylic acids is 2. The first-order valence-corrected chi connectivity index (χ1v) is 3.04. The van der Waals surface area contributed by atoms with Crippen molar-refractivity contribution in [3.63, 3.8) is 0 Å². The maximum atomic E-state index is 10.4. The van der Waals surface area contributed by atoms with Gasteiger partial charge in [0.25, 0.3) is 0 Å². The van der Waals surface area contributed by atoms with E-state index in [1.54, 1.807) is 0 Å². The van der Waals surface area contributed by atoms with Crippen molar-refractivity contribution in [3.8, 4) is 0 Å². The zero-order valence-corrected chi connectivity index (χ0v) is 7.61. The first-order chi connectivity index (χ1) is 5.63. The maximum absolute atomic E-state index is 10.4. The molecule has 0 radical (unpaired) electrons. The fraction of sp³-hybridized carbons (Fsp3) is 0. The summed E-state index contributed by atoms with van der Waals surface area (Å²) in [4.78, 5) is 24.2. The fourth-order valence-corrected chi connectivity index (χ4v) is 0.748. The Hall–Kier alpha value is -1.66. The quantitative estimate of drug-likeness (QED) is 0.733. The molecule has 0 aliphatic carbocycles. The van der Waals surface area contributed by atoms with Crippen LogP contribution in [0.3, 0.4) is 0 Å². The summed E-state index contributed by atoms with van der Waals surface area (Å²) in [5.41, 5.74) is -0.741. The first kappa shape index (κ1) is 14.8. The van der Waals surface area contributed by atoms with Gasteiger partial charge in [0.05, 0.1) is 5.56 Å². The molecule has 1 aromatic heterocycles. The van der Waals surface area contributed by atoms with Crippen LogP contribution in [0.25, 0.3) is 0 Å². The maximum Gasteiger partial charge on any atom is 0.355 e. The number of hydrogen-bond donors (Lipinski definition) is 2. The minimum absolute atomic E-state index is 0. The van der Waals surface area contributed by atoms with Gasteiger partial charge in [-0.1, -0.05) is 0 Å². The molecule has 0 spiro atoms. The highest BCUT2D eigenvalue weighted by Gasteiger charge is 2.15. The summed E-state index contributed by atoms with van der Waals surface area (Å²) < 4.78 is 0. The normalized spacial score (nSPS) is 8.00. The van der Waals surface area contributed by atoms with Crippen LogP contribution in [0.2, 0.25) is 0 Å². The molecule has 0 fully saturated rings. The summed E-state index contributed by atoms with van der Waals surface area (Å²) in [6.07, 6.45) is 1.23. The second kappa shape index (κ2) is 5.90. The second-order valence-electron chi connectivity index (χ2n) is 2.01. The standard InChI is InChI=1S/C7H5NO4.ClH.H2O/c9-6(10)4-2-1-3-8-5(4)7(11)12;;/h1-3H,(H,9,10)(H,11,12);1H;1H2. The summed E-state index contributed by atoms with van der Waals surface area (Å²) in [5.74, 6) is -2.63. The van der Waals surface area contributed by atoms with Crippen LogP contribution in [0.1, 0.15) is 20.8 Å². The molecule has 1 heterocycles. The van der Waals surface area contributed by atoms with E-state index in [0.717, 1.165) is 0 Å². The minimum Gasteiger partial charge on any atom is -0.478 e. The highest BCUT2D eigenvalue weighted by Crippen LogP contribution is 2.04. The monoisotopic (exact) mass is 221 g/mol. The summed E-state index contributed by atoms with van der Waals surface area (Å²) >= 11 is 0. The number of carboxylic acid groups (broad SMARTS) is 2. The van der Waals surface area contributed by atoms with Crippen LogP contribution in [0, 0.1) is 0 Å². The molecule has 0 bridgehead atoms. The summed E-state index contributed by atoms with van der Waals surface area (Å²) in [6.45, 7) is 0. The molecule has 78 valence electrons. The Labute approximate surface area is 84.9 Å². The van der Waals surface area contributed by atoms with Crippen LogP contribution >= 0.6 is 12.4 Å². The van der Waals surface area contributed by atoms with Crippen molar-refractivity contribution in [3.05, 3.63) is 29.6 Å². The van der Waals surface area contributed by atoms with Crippen LogP contribution in [0.5, 0.6) is 0 Å². The van der Waals surface area contributed by atoms with Crippen molar-refractivity contribution in [2.75, 3.05) is 0 Å². The number of hydrogen-bond acceptors (Lipinski definition) is 3. The Kier molecular flexibility index (Phi) is 6.25. The Balaban J connectivity index is 0. The van der Waals surface area contributed by atoms with E-state index in [1.165, 1.54) is 18.3 Å². The lowest BCUT2D eigenvalue weighted by Crippen LogP contribution is -2.09. The van der Waals surface area contributed by atoms with Crippen molar-refractivity contribution in [2.24, 2.45) is 0 Å². The number of halogens is 1. The van der Waals surface area contributed by atoms with Crippen LogP contribution in [-0.2, 0) is 0 Å². The zero-order valence-electron chi connectivity index (χ0n) is 6.80. The molecule has 1 rings (SSSR count). The average Bonchev–Trinajstić information content (AvgIpc) is 2.04. The third kappa shape index (κ3) is 3.00. The lowest BCUT2D eigenvalue weighted by molar-refractivity contribution is 0.0646. The van der Waals surface area contributed by atoms with E-state index in [9.17, 15) is 9.59 Å². The molecule has 0 unspecified atom stereocenters. The summed E-state index contributed by atoms with van der Waals surface area (Å²) in [6, 6.07) is 2.56. The number of carboxylic acids is 2. The Morgan fingerprint density at radius 1 is 1.21 bits per heavy atom. The Morgan fingerprint density at radius 3 is 2.14 bits per heavy atom. The predicted molar refractivity (Wildman–Crippen MR) is 49.0 cm³/mol. The second-order valence-corrected chi connectivity index (χ2v) is 2.01. The topological polar surface area (TPSA) is 119 Å². The molecule has 0 atom stereocenters. The van der Waals surface area contributed by atoms with Crippen molar-refractivity contribution >= 4 is 24.3 Å². The SMILES string of the molecule is Cl.O.O=C(O)c1cccnc1C(=O)O. The molecule has 7 heteroatoms. The van der Waals surface area contributed by atoms with Gasteiger partial charge in [0.1, 0.15) is 0 Å². The van der Waals surface area contributed by atoms with Crippen LogP contribution < -0.4 is 0 Å². The van der Waals surface area contributed by atoms with Crippen molar-refractivity contribution in [1.29, 1.82) is 0 Å². The van der Waals surface area contributed by atoms with Crippen LogP contribution in [0.15, 0.2) is 18.3 Å². The van der Waals surface area contributed by atoms with Crippen molar-refractivity contribution in [1.82, 2.24) is 4.98 Å². The van der Waals surface area contributed by atoms with Gasteiger partial charge in [-0.25, -0.2) is 14.6 Å². The van der Waals surface area contributed by atoms with Gasteiger partial charge >= 0.3 is 11.9 Å². The van der Waals surface area contributed by atoms with Gasteiger partial charge in [0.2, 0.25) is 0 Å². The van der Waals surface area contributed by atoms with E-state index in [2.05, 4.69) is 4.98 Å². The molecule has 0 aromatic carbocycles. The average molecular weight is 222 g/mol. The molecule has 0 aliphatic rings. The highest BCUT2D eigenvalue weighted by molar-refractivity contribution is 5.99. The number of nitrogens with zero attached hydrogens (tertiary/aromatic N) is 1. The Morgan fingerprint density at radius 2 is 1.79 bits per heavy atom. The molecule has 0 saturated heterocycles. The van der Waals surface area contributed by atoms with Crippen LogP contribution in [0.4, 0.5) is 0 Å². The number of aromatic nitrogens is 1. The van der Waals surface area contributed by atoms with Gasteiger partial charge in [-0.3, -0.25) is 0 Å². The van der Waals surface area contributed by atoms with Gasteiger partial charge in [-0.05, 0) is 12.1 Å². The third-order valence-corrected chi connectivity index (χ3v) is 1.24.